The first-order valence-electron chi connectivity index (χ1n) is 6.30. The maximum absolute atomic E-state index is 11.6. The van der Waals surface area contributed by atoms with Crippen molar-refractivity contribution in [2.75, 3.05) is 0 Å². The summed E-state index contributed by atoms with van der Waals surface area (Å²) in [6.07, 6.45) is 2.81. The number of carboxylic acids is 1. The van der Waals surface area contributed by atoms with Gasteiger partial charge >= 0.3 is 5.97 Å². The number of carbonyl (C=O) groups is 1. The number of carboxylic acid groups (broad SMARTS) is 1. The predicted octanol–water partition coefficient (Wildman–Crippen LogP) is 3.06. The third kappa shape index (κ3) is 1.67. The van der Waals surface area contributed by atoms with Gasteiger partial charge in [0.25, 0.3) is 0 Å². The van der Waals surface area contributed by atoms with E-state index in [2.05, 4.69) is 11.9 Å². The van der Waals surface area contributed by atoms with Crippen molar-refractivity contribution >= 4 is 16.9 Å². The Balaban J connectivity index is 2.36. The quantitative estimate of drug-likeness (QED) is 0.834. The second-order valence-corrected chi connectivity index (χ2v) is 5.08. The minimum atomic E-state index is -0.834. The number of benzene rings is 1. The largest absolute Gasteiger partial charge is 0.478 e. The van der Waals surface area contributed by atoms with E-state index < -0.39 is 5.97 Å². The van der Waals surface area contributed by atoms with Crippen LogP contribution in [0.2, 0.25) is 0 Å². The minimum Gasteiger partial charge on any atom is -0.478 e. The molecule has 1 aliphatic carbocycles. The van der Waals surface area contributed by atoms with Gasteiger partial charge in [0.1, 0.15) is 0 Å². The molecule has 0 fully saturated rings. The fourth-order valence-corrected chi connectivity index (χ4v) is 2.81. The molecule has 3 heteroatoms. The molecule has 1 heterocycles. The van der Waals surface area contributed by atoms with Gasteiger partial charge in [0.2, 0.25) is 0 Å². The Hall–Kier alpha value is -1.90. The second-order valence-electron chi connectivity index (χ2n) is 5.08. The first-order chi connectivity index (χ1) is 8.66. The Bertz CT molecular complexity index is 634. The van der Waals surface area contributed by atoms with Crippen molar-refractivity contribution in [2.24, 2.45) is 5.92 Å². The highest BCUT2D eigenvalue weighted by Crippen LogP contribution is 2.31. The topological polar surface area (TPSA) is 50.2 Å². The molecule has 18 heavy (non-hydrogen) atoms. The summed E-state index contributed by atoms with van der Waals surface area (Å²) in [5.41, 5.74) is 3.18. The zero-order valence-corrected chi connectivity index (χ0v) is 10.3. The van der Waals surface area contributed by atoms with Gasteiger partial charge < -0.3 is 5.11 Å². The lowest BCUT2D eigenvalue weighted by atomic mass is 9.84. The normalized spacial score (nSPS) is 18.6. The molecule has 3 rings (SSSR count). The Morgan fingerprint density at radius 1 is 1.39 bits per heavy atom. The van der Waals surface area contributed by atoms with Crippen molar-refractivity contribution in [3.63, 3.8) is 0 Å². The summed E-state index contributed by atoms with van der Waals surface area (Å²) in [7, 11) is 0. The highest BCUT2D eigenvalue weighted by atomic mass is 16.4. The van der Waals surface area contributed by atoms with Crippen LogP contribution in [0.15, 0.2) is 24.3 Å². The minimum absolute atomic E-state index is 0.460. The molecule has 92 valence electrons. The van der Waals surface area contributed by atoms with Crippen molar-refractivity contribution in [3.8, 4) is 0 Å². The van der Waals surface area contributed by atoms with Gasteiger partial charge in [-0.05, 0) is 36.8 Å². The lowest BCUT2D eigenvalue weighted by molar-refractivity contribution is 0.0697. The molecule has 0 bridgehead atoms. The van der Waals surface area contributed by atoms with E-state index in [0.29, 0.717) is 11.5 Å². The molecule has 1 aromatic carbocycles. The summed E-state index contributed by atoms with van der Waals surface area (Å²) in [5, 5.41) is 10.3. The van der Waals surface area contributed by atoms with Crippen LogP contribution in [0.3, 0.4) is 0 Å². The van der Waals surface area contributed by atoms with Gasteiger partial charge in [0.15, 0.2) is 0 Å². The van der Waals surface area contributed by atoms with Gasteiger partial charge in [-0.2, -0.15) is 0 Å². The number of pyridine rings is 1. The molecule has 0 aliphatic heterocycles. The molecule has 0 saturated heterocycles. The summed E-state index contributed by atoms with van der Waals surface area (Å²) < 4.78 is 0. The standard InChI is InChI=1S/C15H15NO2/c1-9-6-7-13-11(8-9)14(15(17)18)10-4-2-3-5-12(10)16-13/h2-5,9H,6-8H2,1H3,(H,17,18)/t9-/m0/s1. The first-order valence-corrected chi connectivity index (χ1v) is 6.30. The Labute approximate surface area is 105 Å². The second kappa shape index (κ2) is 4.09. The van der Waals surface area contributed by atoms with Crippen LogP contribution in [0.25, 0.3) is 10.9 Å². The van der Waals surface area contributed by atoms with Crippen LogP contribution in [0.1, 0.15) is 35.0 Å². The molecule has 3 nitrogen and oxygen atoms in total. The van der Waals surface area contributed by atoms with Gasteiger partial charge in [0.05, 0.1) is 11.1 Å². The van der Waals surface area contributed by atoms with Gasteiger partial charge in [-0.15, -0.1) is 0 Å². The lowest BCUT2D eigenvalue weighted by Crippen LogP contribution is -2.18. The summed E-state index contributed by atoms with van der Waals surface area (Å²) >= 11 is 0. The number of para-hydroxylation sites is 1. The molecule has 1 N–H and O–H groups in total. The van der Waals surface area contributed by atoms with E-state index in [9.17, 15) is 9.90 Å². The molecule has 0 amide bonds. The van der Waals surface area contributed by atoms with Crippen molar-refractivity contribution in [2.45, 2.75) is 26.2 Å². The number of hydrogen-bond acceptors (Lipinski definition) is 2. The zero-order valence-electron chi connectivity index (χ0n) is 10.3. The maximum Gasteiger partial charge on any atom is 0.336 e. The van der Waals surface area contributed by atoms with Crippen LogP contribution in [-0.2, 0) is 12.8 Å². The number of fused-ring (bicyclic) bond motifs is 2. The SMILES string of the molecule is C[C@H]1CCc2nc3ccccc3c(C(=O)O)c2C1. The number of aromatic nitrogens is 1. The Morgan fingerprint density at radius 3 is 2.94 bits per heavy atom. The summed E-state index contributed by atoms with van der Waals surface area (Å²) in [6.45, 7) is 2.17. The van der Waals surface area contributed by atoms with Crippen LogP contribution in [-0.4, -0.2) is 16.1 Å². The van der Waals surface area contributed by atoms with Crippen LogP contribution in [0.5, 0.6) is 0 Å². The number of rotatable bonds is 1. The molecule has 1 aromatic heterocycles. The van der Waals surface area contributed by atoms with E-state index in [4.69, 9.17) is 0 Å². The van der Waals surface area contributed by atoms with E-state index in [1.807, 2.05) is 24.3 Å². The lowest BCUT2D eigenvalue weighted by Gasteiger charge is -2.23. The van der Waals surface area contributed by atoms with Crippen LogP contribution >= 0.6 is 0 Å². The zero-order chi connectivity index (χ0) is 12.7. The molecule has 0 saturated carbocycles. The van der Waals surface area contributed by atoms with Gasteiger partial charge in [-0.1, -0.05) is 25.1 Å². The Morgan fingerprint density at radius 2 is 2.17 bits per heavy atom. The molecule has 1 aliphatic rings. The predicted molar refractivity (Wildman–Crippen MR) is 69.9 cm³/mol. The molecular formula is C15H15NO2. The Kier molecular flexibility index (Phi) is 2.54. The van der Waals surface area contributed by atoms with E-state index in [1.165, 1.54) is 0 Å². The molecule has 0 unspecified atom stereocenters. The molecule has 0 spiro atoms. The third-order valence-electron chi connectivity index (χ3n) is 3.72. The molecule has 2 aromatic rings. The van der Waals surface area contributed by atoms with E-state index >= 15 is 0 Å². The summed E-state index contributed by atoms with van der Waals surface area (Å²) in [4.78, 5) is 16.2. The fraction of sp³-hybridized carbons (Fsp3) is 0.333. The van der Waals surface area contributed by atoms with Crippen LogP contribution in [0.4, 0.5) is 0 Å². The van der Waals surface area contributed by atoms with E-state index in [0.717, 1.165) is 41.4 Å². The van der Waals surface area contributed by atoms with E-state index in [-0.39, 0.29) is 0 Å². The monoisotopic (exact) mass is 241 g/mol. The molecule has 1 atom stereocenters. The van der Waals surface area contributed by atoms with Crippen molar-refractivity contribution in [3.05, 3.63) is 41.1 Å². The number of aryl methyl sites for hydroxylation is 1. The molecular weight excluding hydrogens is 226 g/mol. The number of hydrogen-bond donors (Lipinski definition) is 1. The fourth-order valence-electron chi connectivity index (χ4n) is 2.81. The van der Waals surface area contributed by atoms with Gasteiger partial charge in [-0.3, -0.25) is 4.98 Å². The van der Waals surface area contributed by atoms with Crippen LogP contribution < -0.4 is 0 Å². The third-order valence-corrected chi connectivity index (χ3v) is 3.72. The van der Waals surface area contributed by atoms with Crippen molar-refractivity contribution < 1.29 is 9.90 Å². The number of aromatic carboxylic acids is 1. The molecule has 0 radical (unpaired) electrons. The van der Waals surface area contributed by atoms with Crippen molar-refractivity contribution in [1.82, 2.24) is 4.98 Å². The van der Waals surface area contributed by atoms with Gasteiger partial charge in [-0.25, -0.2) is 4.79 Å². The van der Waals surface area contributed by atoms with Crippen molar-refractivity contribution in [1.29, 1.82) is 0 Å². The highest BCUT2D eigenvalue weighted by Gasteiger charge is 2.24. The highest BCUT2D eigenvalue weighted by molar-refractivity contribution is 6.04. The average Bonchev–Trinajstić information content (AvgIpc) is 2.35. The van der Waals surface area contributed by atoms with E-state index in [1.54, 1.807) is 0 Å². The average molecular weight is 241 g/mol. The summed E-state index contributed by atoms with van der Waals surface area (Å²) in [5.74, 6) is -0.294. The maximum atomic E-state index is 11.6. The summed E-state index contributed by atoms with van der Waals surface area (Å²) in [6, 6.07) is 7.51. The smallest absolute Gasteiger partial charge is 0.336 e. The first kappa shape index (κ1) is 11.2. The number of nitrogens with zero attached hydrogens (tertiary/aromatic N) is 1. The van der Waals surface area contributed by atoms with Crippen LogP contribution in [0, 0.1) is 5.92 Å². The van der Waals surface area contributed by atoms with Gasteiger partial charge in [0, 0.05) is 11.1 Å².